The molecule has 0 bridgehead atoms. The Kier molecular flexibility index (Phi) is 5.85. The van der Waals surface area contributed by atoms with E-state index in [0.717, 1.165) is 12.8 Å². The molecule has 0 spiro atoms. The number of amides is 2. The van der Waals surface area contributed by atoms with Crippen molar-refractivity contribution in [3.8, 4) is 0 Å². The van der Waals surface area contributed by atoms with Crippen molar-refractivity contribution >= 4 is 12.0 Å². The number of hydrogen-bond acceptors (Lipinski definition) is 2. The summed E-state index contributed by atoms with van der Waals surface area (Å²) in [6.45, 7) is 3.32. The van der Waals surface area contributed by atoms with Crippen molar-refractivity contribution in [2.75, 3.05) is 0 Å². The number of urea groups is 1. The highest BCUT2D eigenvalue weighted by Crippen LogP contribution is 2.04. The third-order valence-electron chi connectivity index (χ3n) is 2.80. The third kappa shape index (κ3) is 5.90. The van der Waals surface area contributed by atoms with Crippen LogP contribution in [-0.4, -0.2) is 29.2 Å². The topological polar surface area (TPSA) is 78.4 Å². The van der Waals surface area contributed by atoms with Gasteiger partial charge in [-0.2, -0.15) is 0 Å². The molecule has 0 heterocycles. The first-order valence-corrected chi connectivity index (χ1v) is 6.33. The van der Waals surface area contributed by atoms with Crippen LogP contribution >= 0.6 is 0 Å². The number of carboxylic acid groups (broad SMARTS) is 1. The molecule has 0 saturated carbocycles. The lowest BCUT2D eigenvalue weighted by atomic mass is 10.1. The van der Waals surface area contributed by atoms with Crippen molar-refractivity contribution < 1.29 is 14.7 Å². The van der Waals surface area contributed by atoms with Gasteiger partial charge in [-0.15, -0.1) is 0 Å². The van der Waals surface area contributed by atoms with Gasteiger partial charge in [0.1, 0.15) is 6.04 Å². The standard InChI is InChI=1S/C14H20N2O3/c1-10(8-9-12-6-4-3-5-7-12)15-14(19)16-11(2)13(17)18/h3-7,10-11H,8-9H2,1-2H3,(H,17,18)(H2,15,16,19)/t10-,11-/m0/s1. The Labute approximate surface area is 113 Å². The molecule has 0 unspecified atom stereocenters. The summed E-state index contributed by atoms with van der Waals surface area (Å²) in [7, 11) is 0. The number of benzene rings is 1. The molecule has 0 aliphatic heterocycles. The molecule has 0 fully saturated rings. The fraction of sp³-hybridized carbons (Fsp3) is 0.429. The summed E-state index contributed by atoms with van der Waals surface area (Å²) in [6.07, 6.45) is 1.68. The van der Waals surface area contributed by atoms with Crippen LogP contribution in [0.3, 0.4) is 0 Å². The Morgan fingerprint density at radius 1 is 1.16 bits per heavy atom. The summed E-state index contributed by atoms with van der Waals surface area (Å²) >= 11 is 0. The molecule has 2 atom stereocenters. The SMILES string of the molecule is C[C@H](NC(=O)N[C@@H](C)CCc1ccccc1)C(=O)O. The van der Waals surface area contributed by atoms with Crippen molar-refractivity contribution in [3.05, 3.63) is 35.9 Å². The quantitative estimate of drug-likeness (QED) is 0.733. The first kappa shape index (κ1) is 15.0. The van der Waals surface area contributed by atoms with E-state index in [-0.39, 0.29) is 6.04 Å². The number of carbonyl (C=O) groups excluding carboxylic acids is 1. The van der Waals surface area contributed by atoms with Crippen molar-refractivity contribution in [1.29, 1.82) is 0 Å². The van der Waals surface area contributed by atoms with Crippen LogP contribution in [0, 0.1) is 0 Å². The van der Waals surface area contributed by atoms with Crippen molar-refractivity contribution in [3.63, 3.8) is 0 Å². The smallest absolute Gasteiger partial charge is 0.325 e. The van der Waals surface area contributed by atoms with Gasteiger partial charge in [0.2, 0.25) is 0 Å². The Balaban J connectivity index is 2.29. The van der Waals surface area contributed by atoms with Crippen LogP contribution in [0.25, 0.3) is 0 Å². The summed E-state index contributed by atoms with van der Waals surface area (Å²) in [5.41, 5.74) is 1.22. The average Bonchev–Trinajstić information content (AvgIpc) is 2.37. The molecule has 0 aliphatic rings. The van der Waals surface area contributed by atoms with Gasteiger partial charge < -0.3 is 15.7 Å². The molecule has 5 nitrogen and oxygen atoms in total. The van der Waals surface area contributed by atoms with E-state index in [2.05, 4.69) is 10.6 Å². The number of hydrogen-bond donors (Lipinski definition) is 3. The summed E-state index contributed by atoms with van der Waals surface area (Å²) in [5, 5.41) is 13.8. The van der Waals surface area contributed by atoms with Crippen molar-refractivity contribution in [1.82, 2.24) is 10.6 Å². The molecule has 0 aromatic heterocycles. The first-order valence-electron chi connectivity index (χ1n) is 6.33. The number of aliphatic carboxylic acids is 1. The maximum absolute atomic E-state index is 11.5. The van der Waals surface area contributed by atoms with Gasteiger partial charge in [-0.1, -0.05) is 30.3 Å². The van der Waals surface area contributed by atoms with Crippen LogP contribution in [-0.2, 0) is 11.2 Å². The van der Waals surface area contributed by atoms with Gasteiger partial charge in [0.15, 0.2) is 0 Å². The molecule has 1 rings (SSSR count). The Hall–Kier alpha value is -2.04. The van der Waals surface area contributed by atoms with Crippen LogP contribution in [0.1, 0.15) is 25.8 Å². The molecule has 104 valence electrons. The summed E-state index contributed by atoms with van der Waals surface area (Å²) < 4.78 is 0. The van der Waals surface area contributed by atoms with Gasteiger partial charge in [0.25, 0.3) is 0 Å². The van der Waals surface area contributed by atoms with E-state index >= 15 is 0 Å². The van der Waals surface area contributed by atoms with E-state index in [9.17, 15) is 9.59 Å². The van der Waals surface area contributed by atoms with E-state index in [1.807, 2.05) is 37.3 Å². The monoisotopic (exact) mass is 264 g/mol. The number of rotatable bonds is 6. The minimum atomic E-state index is -1.05. The lowest BCUT2D eigenvalue weighted by Gasteiger charge is -2.16. The fourth-order valence-corrected chi connectivity index (χ4v) is 1.62. The second-order valence-corrected chi connectivity index (χ2v) is 4.60. The Bertz CT molecular complexity index is 420. The zero-order valence-electron chi connectivity index (χ0n) is 11.2. The van der Waals surface area contributed by atoms with Gasteiger partial charge >= 0.3 is 12.0 Å². The molecule has 0 radical (unpaired) electrons. The lowest BCUT2D eigenvalue weighted by Crippen LogP contribution is -2.47. The normalized spacial score (nSPS) is 13.4. The van der Waals surface area contributed by atoms with E-state index < -0.39 is 18.0 Å². The van der Waals surface area contributed by atoms with E-state index in [4.69, 9.17) is 5.11 Å². The molecule has 19 heavy (non-hydrogen) atoms. The highest BCUT2D eigenvalue weighted by Gasteiger charge is 2.14. The Morgan fingerprint density at radius 2 is 1.79 bits per heavy atom. The molecule has 3 N–H and O–H groups in total. The summed E-state index contributed by atoms with van der Waals surface area (Å²) in [4.78, 5) is 22.1. The summed E-state index contributed by atoms with van der Waals surface area (Å²) in [6, 6.07) is 8.66. The number of carbonyl (C=O) groups is 2. The number of carboxylic acids is 1. The Morgan fingerprint density at radius 3 is 2.37 bits per heavy atom. The number of nitrogens with one attached hydrogen (secondary N) is 2. The predicted octanol–water partition coefficient (Wildman–Crippen LogP) is 1.78. The largest absolute Gasteiger partial charge is 0.480 e. The van der Waals surface area contributed by atoms with E-state index in [0.29, 0.717) is 0 Å². The molecule has 0 saturated heterocycles. The highest BCUT2D eigenvalue weighted by atomic mass is 16.4. The van der Waals surface area contributed by atoms with Crippen molar-refractivity contribution in [2.24, 2.45) is 0 Å². The van der Waals surface area contributed by atoms with Gasteiger partial charge in [-0.05, 0) is 32.3 Å². The van der Waals surface area contributed by atoms with Crippen LogP contribution in [0.2, 0.25) is 0 Å². The zero-order chi connectivity index (χ0) is 14.3. The van der Waals surface area contributed by atoms with Gasteiger partial charge in [0, 0.05) is 6.04 Å². The molecular weight excluding hydrogens is 244 g/mol. The predicted molar refractivity (Wildman–Crippen MR) is 73.0 cm³/mol. The van der Waals surface area contributed by atoms with Crippen LogP contribution < -0.4 is 10.6 Å². The lowest BCUT2D eigenvalue weighted by molar-refractivity contribution is -0.138. The van der Waals surface area contributed by atoms with Gasteiger partial charge in [0.05, 0.1) is 0 Å². The second-order valence-electron chi connectivity index (χ2n) is 4.60. The van der Waals surface area contributed by atoms with Gasteiger partial charge in [-0.25, -0.2) is 4.79 Å². The van der Waals surface area contributed by atoms with Gasteiger partial charge in [-0.3, -0.25) is 4.79 Å². The molecule has 5 heteroatoms. The molecular formula is C14H20N2O3. The maximum atomic E-state index is 11.5. The second kappa shape index (κ2) is 7.41. The van der Waals surface area contributed by atoms with E-state index in [1.165, 1.54) is 12.5 Å². The third-order valence-corrected chi connectivity index (χ3v) is 2.80. The molecule has 1 aromatic carbocycles. The zero-order valence-corrected chi connectivity index (χ0v) is 11.2. The van der Waals surface area contributed by atoms with E-state index in [1.54, 1.807) is 0 Å². The maximum Gasteiger partial charge on any atom is 0.325 e. The fourth-order valence-electron chi connectivity index (χ4n) is 1.62. The molecule has 1 aromatic rings. The van der Waals surface area contributed by atoms with Crippen molar-refractivity contribution in [2.45, 2.75) is 38.8 Å². The highest BCUT2D eigenvalue weighted by molar-refractivity contribution is 5.82. The number of aryl methyl sites for hydroxylation is 1. The van der Waals surface area contributed by atoms with Crippen LogP contribution in [0.15, 0.2) is 30.3 Å². The molecule has 0 aliphatic carbocycles. The minimum Gasteiger partial charge on any atom is -0.480 e. The molecule has 2 amide bonds. The average molecular weight is 264 g/mol. The van der Waals surface area contributed by atoms with Crippen LogP contribution in [0.5, 0.6) is 0 Å². The van der Waals surface area contributed by atoms with Crippen LogP contribution in [0.4, 0.5) is 4.79 Å². The first-order chi connectivity index (χ1) is 8.99. The minimum absolute atomic E-state index is 0.0128. The summed E-state index contributed by atoms with van der Waals surface area (Å²) in [5.74, 6) is -1.05.